The molecule has 0 heterocycles. The van der Waals surface area contributed by atoms with Crippen molar-refractivity contribution in [2.24, 2.45) is 4.99 Å². The van der Waals surface area contributed by atoms with Gasteiger partial charge in [0.15, 0.2) is 5.96 Å². The summed E-state index contributed by atoms with van der Waals surface area (Å²) in [7, 11) is 1.65. The lowest BCUT2D eigenvalue weighted by Gasteiger charge is -2.16. The SMILES string of the molecule is CCC(C)NC(=NC)NCCNC(=O)c1ccc(C(F)(F)F)cc1.I. The van der Waals surface area contributed by atoms with Crippen molar-refractivity contribution in [1.29, 1.82) is 0 Å². The standard InChI is InChI=1S/C16H23F3N4O.HI/c1-4-11(2)23-15(20-3)22-10-9-21-14(24)12-5-7-13(8-6-12)16(17,18)19;/h5-8,11H,4,9-10H2,1-3H3,(H,21,24)(H2,20,22,23);1H. The summed E-state index contributed by atoms with van der Waals surface area (Å²) in [5.74, 6) is 0.212. The molecule has 0 saturated carbocycles. The first-order valence-electron chi connectivity index (χ1n) is 7.70. The lowest BCUT2D eigenvalue weighted by Crippen LogP contribution is -2.44. The molecule has 1 unspecified atom stereocenters. The van der Waals surface area contributed by atoms with Gasteiger partial charge in [-0.1, -0.05) is 6.92 Å². The summed E-state index contributed by atoms with van der Waals surface area (Å²) in [5.41, 5.74) is -0.592. The van der Waals surface area contributed by atoms with E-state index in [4.69, 9.17) is 0 Å². The lowest BCUT2D eigenvalue weighted by molar-refractivity contribution is -0.137. The van der Waals surface area contributed by atoms with Crippen molar-refractivity contribution in [1.82, 2.24) is 16.0 Å². The highest BCUT2D eigenvalue weighted by Gasteiger charge is 2.30. The van der Waals surface area contributed by atoms with Gasteiger partial charge in [-0.3, -0.25) is 9.79 Å². The molecule has 1 rings (SSSR count). The fraction of sp³-hybridized carbons (Fsp3) is 0.500. The third-order valence-electron chi connectivity index (χ3n) is 3.40. The van der Waals surface area contributed by atoms with Crippen LogP contribution in [-0.4, -0.2) is 38.0 Å². The summed E-state index contributed by atoms with van der Waals surface area (Å²) in [6, 6.07) is 4.39. The summed E-state index contributed by atoms with van der Waals surface area (Å²) in [4.78, 5) is 15.9. The summed E-state index contributed by atoms with van der Waals surface area (Å²) in [6.07, 6.45) is -3.46. The maximum atomic E-state index is 12.5. The summed E-state index contributed by atoms with van der Waals surface area (Å²) in [6.45, 7) is 4.85. The van der Waals surface area contributed by atoms with Crippen molar-refractivity contribution in [3.8, 4) is 0 Å². The minimum absolute atomic E-state index is 0. The van der Waals surface area contributed by atoms with Crippen molar-refractivity contribution in [3.05, 3.63) is 35.4 Å². The number of carbonyl (C=O) groups excluding carboxylic acids is 1. The van der Waals surface area contributed by atoms with Crippen LogP contribution in [0.2, 0.25) is 0 Å². The Balaban J connectivity index is 0.00000576. The fourth-order valence-electron chi connectivity index (χ4n) is 1.80. The van der Waals surface area contributed by atoms with E-state index in [0.29, 0.717) is 19.0 Å². The Bertz CT molecular complexity index is 561. The molecule has 3 N–H and O–H groups in total. The van der Waals surface area contributed by atoms with E-state index in [0.717, 1.165) is 30.7 Å². The average Bonchev–Trinajstić information content (AvgIpc) is 2.56. The molecule has 1 amide bonds. The zero-order valence-electron chi connectivity index (χ0n) is 14.4. The van der Waals surface area contributed by atoms with Crippen molar-refractivity contribution >= 4 is 35.8 Å². The zero-order valence-corrected chi connectivity index (χ0v) is 16.7. The Morgan fingerprint density at radius 3 is 2.20 bits per heavy atom. The van der Waals surface area contributed by atoms with Gasteiger partial charge >= 0.3 is 6.18 Å². The molecule has 0 aromatic heterocycles. The maximum Gasteiger partial charge on any atom is 0.416 e. The Kier molecular flexibility index (Phi) is 10.5. The molecule has 1 aromatic carbocycles. The van der Waals surface area contributed by atoms with E-state index in [1.807, 2.05) is 6.92 Å². The molecule has 1 aromatic rings. The lowest BCUT2D eigenvalue weighted by atomic mass is 10.1. The van der Waals surface area contributed by atoms with E-state index >= 15 is 0 Å². The minimum atomic E-state index is -4.41. The van der Waals surface area contributed by atoms with Crippen LogP contribution in [0.25, 0.3) is 0 Å². The number of hydrogen-bond acceptors (Lipinski definition) is 2. The number of nitrogens with one attached hydrogen (secondary N) is 3. The second-order valence-electron chi connectivity index (χ2n) is 5.28. The first kappa shape index (κ1) is 23.5. The van der Waals surface area contributed by atoms with Crippen LogP contribution >= 0.6 is 24.0 Å². The van der Waals surface area contributed by atoms with Crippen LogP contribution in [0, 0.1) is 0 Å². The molecule has 0 aliphatic rings. The highest BCUT2D eigenvalue weighted by atomic mass is 127. The van der Waals surface area contributed by atoms with Crippen molar-refractivity contribution in [2.75, 3.05) is 20.1 Å². The Morgan fingerprint density at radius 2 is 1.72 bits per heavy atom. The number of rotatable bonds is 6. The van der Waals surface area contributed by atoms with Crippen LogP contribution in [0.4, 0.5) is 13.2 Å². The average molecular weight is 472 g/mol. The maximum absolute atomic E-state index is 12.5. The van der Waals surface area contributed by atoms with Crippen molar-refractivity contribution in [3.63, 3.8) is 0 Å². The molecule has 0 saturated heterocycles. The third kappa shape index (κ3) is 8.41. The summed E-state index contributed by atoms with van der Waals surface area (Å²) >= 11 is 0. The predicted molar refractivity (Wildman–Crippen MR) is 103 cm³/mol. The zero-order chi connectivity index (χ0) is 18.2. The van der Waals surface area contributed by atoms with E-state index < -0.39 is 17.6 Å². The molecule has 25 heavy (non-hydrogen) atoms. The first-order chi connectivity index (χ1) is 11.3. The highest BCUT2D eigenvalue weighted by Crippen LogP contribution is 2.28. The van der Waals surface area contributed by atoms with E-state index in [1.165, 1.54) is 0 Å². The van der Waals surface area contributed by atoms with Gasteiger partial charge in [-0.25, -0.2) is 0 Å². The van der Waals surface area contributed by atoms with E-state index in [2.05, 4.69) is 27.9 Å². The van der Waals surface area contributed by atoms with E-state index in [9.17, 15) is 18.0 Å². The van der Waals surface area contributed by atoms with Gasteiger partial charge < -0.3 is 16.0 Å². The Labute approximate surface area is 162 Å². The molecule has 0 spiro atoms. The van der Waals surface area contributed by atoms with Crippen LogP contribution in [0.3, 0.4) is 0 Å². The molecule has 0 fully saturated rings. The summed E-state index contributed by atoms with van der Waals surface area (Å²) < 4.78 is 37.4. The van der Waals surface area contributed by atoms with Crippen LogP contribution in [0.5, 0.6) is 0 Å². The molecule has 5 nitrogen and oxygen atoms in total. The van der Waals surface area contributed by atoms with Gasteiger partial charge in [-0.05, 0) is 37.6 Å². The molecular formula is C16H24F3IN4O. The van der Waals surface area contributed by atoms with Crippen molar-refractivity contribution in [2.45, 2.75) is 32.5 Å². The molecular weight excluding hydrogens is 448 g/mol. The van der Waals surface area contributed by atoms with Crippen LogP contribution in [0.15, 0.2) is 29.3 Å². The molecule has 0 aliphatic carbocycles. The molecule has 0 radical (unpaired) electrons. The number of nitrogens with zero attached hydrogens (tertiary/aromatic N) is 1. The second-order valence-corrected chi connectivity index (χ2v) is 5.28. The van der Waals surface area contributed by atoms with Crippen LogP contribution in [0.1, 0.15) is 36.2 Å². The quantitative estimate of drug-likeness (QED) is 0.258. The van der Waals surface area contributed by atoms with Gasteiger partial charge in [-0.15, -0.1) is 24.0 Å². The van der Waals surface area contributed by atoms with Crippen LogP contribution in [-0.2, 0) is 6.18 Å². The number of halogens is 4. The van der Waals surface area contributed by atoms with Gasteiger partial charge in [0, 0.05) is 31.7 Å². The third-order valence-corrected chi connectivity index (χ3v) is 3.40. The number of benzene rings is 1. The first-order valence-corrected chi connectivity index (χ1v) is 7.70. The van der Waals surface area contributed by atoms with Gasteiger partial charge in [0.25, 0.3) is 5.91 Å². The van der Waals surface area contributed by atoms with Crippen LogP contribution < -0.4 is 16.0 Å². The number of alkyl halides is 3. The Morgan fingerprint density at radius 1 is 1.16 bits per heavy atom. The molecule has 1 atom stereocenters. The smallest absolute Gasteiger partial charge is 0.355 e. The Hall–Kier alpha value is -1.52. The van der Waals surface area contributed by atoms with E-state index in [1.54, 1.807) is 7.05 Å². The van der Waals surface area contributed by atoms with Gasteiger partial charge in [-0.2, -0.15) is 13.2 Å². The highest BCUT2D eigenvalue weighted by molar-refractivity contribution is 14.0. The van der Waals surface area contributed by atoms with E-state index in [-0.39, 0.29) is 35.6 Å². The number of hydrogen-bond donors (Lipinski definition) is 3. The van der Waals surface area contributed by atoms with Crippen molar-refractivity contribution < 1.29 is 18.0 Å². The normalized spacial score (nSPS) is 12.8. The monoisotopic (exact) mass is 472 g/mol. The molecule has 9 heteroatoms. The fourth-order valence-corrected chi connectivity index (χ4v) is 1.80. The van der Waals surface area contributed by atoms with Gasteiger partial charge in [0.1, 0.15) is 0 Å². The number of guanidine groups is 1. The second kappa shape index (κ2) is 11.2. The molecule has 0 bridgehead atoms. The predicted octanol–water partition coefficient (Wildman–Crippen LogP) is 3.02. The topological polar surface area (TPSA) is 65.5 Å². The van der Waals surface area contributed by atoms with Gasteiger partial charge in [0.05, 0.1) is 5.56 Å². The number of amides is 1. The number of aliphatic imine (C=N–C) groups is 1. The minimum Gasteiger partial charge on any atom is -0.355 e. The summed E-state index contributed by atoms with van der Waals surface area (Å²) in [5, 5.41) is 8.86. The molecule has 142 valence electrons. The molecule has 0 aliphatic heterocycles. The number of carbonyl (C=O) groups is 1. The van der Waals surface area contributed by atoms with Gasteiger partial charge in [0.2, 0.25) is 0 Å². The largest absolute Gasteiger partial charge is 0.416 e.